The molecule has 3 heteroatoms. The van der Waals surface area contributed by atoms with Crippen LogP contribution < -0.4 is 0 Å². The molecule has 2 rings (SSSR count). The maximum absolute atomic E-state index is 10.9. The summed E-state index contributed by atoms with van der Waals surface area (Å²) < 4.78 is 0. The molecule has 1 heterocycles. The van der Waals surface area contributed by atoms with Crippen LogP contribution in [0.15, 0.2) is 24.4 Å². The van der Waals surface area contributed by atoms with Crippen LogP contribution in [-0.4, -0.2) is 16.1 Å². The third-order valence-corrected chi connectivity index (χ3v) is 3.70. The molecule has 0 radical (unpaired) electrons. The molecule has 92 valence electrons. The highest BCUT2D eigenvalue weighted by Crippen LogP contribution is 2.34. The van der Waals surface area contributed by atoms with Crippen molar-refractivity contribution in [1.82, 2.24) is 4.98 Å². The Labute approximate surface area is 102 Å². The average Bonchev–Trinajstić information content (AvgIpc) is 2.82. The van der Waals surface area contributed by atoms with E-state index in [1.54, 1.807) is 6.20 Å². The van der Waals surface area contributed by atoms with E-state index in [2.05, 4.69) is 4.98 Å². The second kappa shape index (κ2) is 5.80. The van der Waals surface area contributed by atoms with Crippen molar-refractivity contribution in [1.29, 1.82) is 0 Å². The SMILES string of the molecule is O=C(O)CC(Cc1ccccn1)C1CCCC1. The summed E-state index contributed by atoms with van der Waals surface area (Å²) in [5.74, 6) is 0.149. The van der Waals surface area contributed by atoms with E-state index >= 15 is 0 Å². The van der Waals surface area contributed by atoms with Crippen LogP contribution in [0.1, 0.15) is 37.8 Å². The van der Waals surface area contributed by atoms with E-state index < -0.39 is 5.97 Å². The molecular formula is C14H19NO2. The van der Waals surface area contributed by atoms with Crippen molar-refractivity contribution in [3.05, 3.63) is 30.1 Å². The quantitative estimate of drug-likeness (QED) is 0.850. The van der Waals surface area contributed by atoms with Gasteiger partial charge < -0.3 is 5.11 Å². The summed E-state index contributed by atoms with van der Waals surface area (Å²) in [4.78, 5) is 15.2. The molecule has 1 N–H and O–H groups in total. The van der Waals surface area contributed by atoms with Crippen LogP contribution in [0.2, 0.25) is 0 Å². The van der Waals surface area contributed by atoms with Crippen LogP contribution in [0.3, 0.4) is 0 Å². The molecule has 1 aliphatic carbocycles. The van der Waals surface area contributed by atoms with Gasteiger partial charge in [0.1, 0.15) is 0 Å². The molecule has 0 aromatic carbocycles. The van der Waals surface area contributed by atoms with Gasteiger partial charge in [-0.1, -0.05) is 31.7 Å². The topological polar surface area (TPSA) is 50.2 Å². The summed E-state index contributed by atoms with van der Waals surface area (Å²) in [5, 5.41) is 9.00. The molecule has 0 amide bonds. The van der Waals surface area contributed by atoms with Gasteiger partial charge in [0.05, 0.1) is 0 Å². The molecule has 1 atom stereocenters. The first kappa shape index (κ1) is 12.1. The van der Waals surface area contributed by atoms with Crippen molar-refractivity contribution in [3.8, 4) is 0 Å². The average molecular weight is 233 g/mol. The molecule has 3 nitrogen and oxygen atoms in total. The third-order valence-electron chi connectivity index (χ3n) is 3.70. The number of carbonyl (C=O) groups is 1. The van der Waals surface area contributed by atoms with Gasteiger partial charge in [-0.15, -0.1) is 0 Å². The van der Waals surface area contributed by atoms with Gasteiger partial charge in [-0.3, -0.25) is 9.78 Å². The number of aromatic nitrogens is 1. The Balaban J connectivity index is 2.02. The molecule has 1 aromatic heterocycles. The number of aliphatic carboxylic acids is 1. The fraction of sp³-hybridized carbons (Fsp3) is 0.571. The first-order valence-electron chi connectivity index (χ1n) is 6.37. The standard InChI is InChI=1S/C14H19NO2/c16-14(17)10-12(11-5-1-2-6-11)9-13-7-3-4-8-15-13/h3-4,7-8,11-12H,1-2,5-6,9-10H2,(H,16,17). The van der Waals surface area contributed by atoms with E-state index in [0.29, 0.717) is 5.92 Å². The number of nitrogens with zero attached hydrogens (tertiary/aromatic N) is 1. The Morgan fingerprint density at radius 3 is 2.76 bits per heavy atom. The molecule has 0 spiro atoms. The van der Waals surface area contributed by atoms with Crippen molar-refractivity contribution in [2.45, 2.75) is 38.5 Å². The van der Waals surface area contributed by atoms with Gasteiger partial charge in [-0.25, -0.2) is 0 Å². The predicted octanol–water partition coefficient (Wildman–Crippen LogP) is 2.91. The summed E-state index contributed by atoms with van der Waals surface area (Å²) in [6, 6.07) is 5.85. The number of rotatable bonds is 5. The molecular weight excluding hydrogens is 214 g/mol. The van der Waals surface area contributed by atoms with Crippen molar-refractivity contribution in [2.24, 2.45) is 11.8 Å². The zero-order chi connectivity index (χ0) is 12.1. The van der Waals surface area contributed by atoms with Crippen molar-refractivity contribution >= 4 is 5.97 Å². The largest absolute Gasteiger partial charge is 0.481 e. The maximum Gasteiger partial charge on any atom is 0.303 e. The van der Waals surface area contributed by atoms with Crippen molar-refractivity contribution in [2.75, 3.05) is 0 Å². The Morgan fingerprint density at radius 1 is 1.41 bits per heavy atom. The van der Waals surface area contributed by atoms with Crippen molar-refractivity contribution in [3.63, 3.8) is 0 Å². The summed E-state index contributed by atoms with van der Waals surface area (Å²) in [7, 11) is 0. The first-order valence-corrected chi connectivity index (χ1v) is 6.37. The Morgan fingerprint density at radius 2 is 2.18 bits per heavy atom. The molecule has 1 aromatic rings. The van der Waals surface area contributed by atoms with E-state index in [0.717, 1.165) is 12.1 Å². The van der Waals surface area contributed by atoms with E-state index in [-0.39, 0.29) is 12.3 Å². The minimum absolute atomic E-state index is 0.255. The van der Waals surface area contributed by atoms with Gasteiger partial charge in [-0.2, -0.15) is 0 Å². The van der Waals surface area contributed by atoms with Gasteiger partial charge in [0.2, 0.25) is 0 Å². The molecule has 0 bridgehead atoms. The minimum Gasteiger partial charge on any atom is -0.481 e. The van der Waals surface area contributed by atoms with Gasteiger partial charge in [0.15, 0.2) is 0 Å². The third kappa shape index (κ3) is 3.55. The molecule has 1 saturated carbocycles. The highest BCUT2D eigenvalue weighted by atomic mass is 16.4. The number of pyridine rings is 1. The molecule has 17 heavy (non-hydrogen) atoms. The Hall–Kier alpha value is -1.38. The van der Waals surface area contributed by atoms with Crippen LogP contribution in [0.5, 0.6) is 0 Å². The lowest BCUT2D eigenvalue weighted by atomic mass is 9.84. The Bertz CT molecular complexity index is 358. The van der Waals surface area contributed by atoms with Crippen LogP contribution in [-0.2, 0) is 11.2 Å². The van der Waals surface area contributed by atoms with E-state index in [9.17, 15) is 4.79 Å². The lowest BCUT2D eigenvalue weighted by Gasteiger charge is -2.21. The van der Waals surface area contributed by atoms with Crippen LogP contribution in [0.25, 0.3) is 0 Å². The minimum atomic E-state index is -0.683. The first-order chi connectivity index (χ1) is 8.25. The molecule has 0 aliphatic heterocycles. The zero-order valence-electron chi connectivity index (χ0n) is 10.0. The van der Waals surface area contributed by atoms with E-state index in [1.807, 2.05) is 18.2 Å². The lowest BCUT2D eigenvalue weighted by Crippen LogP contribution is -2.19. The molecule has 1 aliphatic rings. The van der Waals surface area contributed by atoms with E-state index in [4.69, 9.17) is 5.11 Å². The fourth-order valence-electron chi connectivity index (χ4n) is 2.85. The van der Waals surface area contributed by atoms with Gasteiger partial charge >= 0.3 is 5.97 Å². The summed E-state index contributed by atoms with van der Waals surface area (Å²) >= 11 is 0. The van der Waals surface area contributed by atoms with Crippen molar-refractivity contribution < 1.29 is 9.90 Å². The monoisotopic (exact) mass is 233 g/mol. The normalized spacial score (nSPS) is 18.1. The summed E-state index contributed by atoms with van der Waals surface area (Å²) in [6.07, 6.45) is 7.74. The highest BCUT2D eigenvalue weighted by molar-refractivity contribution is 5.67. The smallest absolute Gasteiger partial charge is 0.303 e. The van der Waals surface area contributed by atoms with Gasteiger partial charge in [0, 0.05) is 18.3 Å². The summed E-state index contributed by atoms with van der Waals surface area (Å²) in [5.41, 5.74) is 1.02. The lowest BCUT2D eigenvalue weighted by molar-refractivity contribution is -0.138. The maximum atomic E-state index is 10.9. The molecule has 0 saturated heterocycles. The van der Waals surface area contributed by atoms with Gasteiger partial charge in [-0.05, 0) is 30.4 Å². The number of carboxylic acid groups (broad SMARTS) is 1. The number of carboxylic acids is 1. The van der Waals surface area contributed by atoms with Crippen LogP contribution in [0.4, 0.5) is 0 Å². The Kier molecular flexibility index (Phi) is 4.13. The summed E-state index contributed by atoms with van der Waals surface area (Å²) in [6.45, 7) is 0. The second-order valence-electron chi connectivity index (χ2n) is 4.93. The highest BCUT2D eigenvalue weighted by Gasteiger charge is 2.27. The molecule has 1 unspecified atom stereocenters. The number of hydrogen-bond acceptors (Lipinski definition) is 2. The number of hydrogen-bond donors (Lipinski definition) is 1. The van der Waals surface area contributed by atoms with Gasteiger partial charge in [0.25, 0.3) is 0 Å². The van der Waals surface area contributed by atoms with Crippen LogP contribution >= 0.6 is 0 Å². The van der Waals surface area contributed by atoms with Crippen LogP contribution in [0, 0.1) is 11.8 Å². The second-order valence-corrected chi connectivity index (χ2v) is 4.93. The zero-order valence-corrected chi connectivity index (χ0v) is 10.0. The molecule has 1 fully saturated rings. The fourth-order valence-corrected chi connectivity index (χ4v) is 2.85. The van der Waals surface area contributed by atoms with E-state index in [1.165, 1.54) is 25.7 Å². The predicted molar refractivity (Wildman–Crippen MR) is 65.6 cm³/mol.